The number of rotatable bonds is 3. The van der Waals surface area contributed by atoms with Crippen molar-refractivity contribution in [2.75, 3.05) is 39.3 Å². The van der Waals surface area contributed by atoms with Crippen LogP contribution in [-0.4, -0.2) is 71.0 Å². The Morgan fingerprint density at radius 3 is 2.77 bits per heavy atom. The second-order valence-corrected chi connectivity index (χ2v) is 6.55. The maximum atomic E-state index is 12.7. The molecule has 0 radical (unpaired) electrons. The standard InChI is InChI=1S/C16H23N5O/c22-16(14-3-5-18-15(19-14)12-1-2-12)21-8-4-13(11-21)20-9-6-17-7-10-20/h3,5,12-13,17H,1-2,4,6-11H2. The van der Waals surface area contributed by atoms with Crippen molar-refractivity contribution in [3.63, 3.8) is 0 Å². The molecule has 118 valence electrons. The Balaban J connectivity index is 1.41. The lowest BCUT2D eigenvalue weighted by molar-refractivity contribution is 0.0767. The highest BCUT2D eigenvalue weighted by molar-refractivity contribution is 5.92. The number of amides is 1. The molecule has 3 fully saturated rings. The molecule has 1 amide bonds. The first kappa shape index (κ1) is 14.1. The van der Waals surface area contributed by atoms with Gasteiger partial charge in [-0.2, -0.15) is 0 Å². The Hall–Kier alpha value is -1.53. The van der Waals surface area contributed by atoms with Gasteiger partial charge in [-0.05, 0) is 25.3 Å². The number of nitrogens with one attached hydrogen (secondary N) is 1. The van der Waals surface area contributed by atoms with Gasteiger partial charge in [-0.1, -0.05) is 0 Å². The van der Waals surface area contributed by atoms with E-state index in [2.05, 4.69) is 20.2 Å². The Morgan fingerprint density at radius 2 is 2.00 bits per heavy atom. The minimum atomic E-state index is 0.0712. The average Bonchev–Trinajstić information content (AvgIpc) is 3.32. The number of hydrogen-bond donors (Lipinski definition) is 1. The summed E-state index contributed by atoms with van der Waals surface area (Å²) in [7, 11) is 0. The molecule has 0 bridgehead atoms. The van der Waals surface area contributed by atoms with E-state index in [1.165, 1.54) is 0 Å². The number of likely N-dealkylation sites (tertiary alicyclic amines) is 1. The Bertz CT molecular complexity index is 553. The predicted molar refractivity (Wildman–Crippen MR) is 82.8 cm³/mol. The number of piperazine rings is 1. The maximum Gasteiger partial charge on any atom is 0.272 e. The lowest BCUT2D eigenvalue weighted by Crippen LogP contribution is -2.49. The van der Waals surface area contributed by atoms with Gasteiger partial charge >= 0.3 is 0 Å². The number of carbonyl (C=O) groups excluding carboxylic acids is 1. The molecular formula is C16H23N5O. The van der Waals surface area contributed by atoms with E-state index in [1.54, 1.807) is 12.3 Å². The van der Waals surface area contributed by atoms with Gasteiger partial charge in [0.15, 0.2) is 0 Å². The molecule has 6 nitrogen and oxygen atoms in total. The molecule has 4 rings (SSSR count). The fraction of sp³-hybridized carbons (Fsp3) is 0.688. The summed E-state index contributed by atoms with van der Waals surface area (Å²) in [5.74, 6) is 1.41. The van der Waals surface area contributed by atoms with Gasteiger partial charge in [0.2, 0.25) is 0 Å². The minimum absolute atomic E-state index is 0.0712. The highest BCUT2D eigenvalue weighted by atomic mass is 16.2. The van der Waals surface area contributed by atoms with E-state index >= 15 is 0 Å². The van der Waals surface area contributed by atoms with Gasteiger partial charge in [-0.25, -0.2) is 9.97 Å². The second-order valence-electron chi connectivity index (χ2n) is 6.55. The van der Waals surface area contributed by atoms with Gasteiger partial charge in [0.1, 0.15) is 11.5 Å². The highest BCUT2D eigenvalue weighted by Crippen LogP contribution is 2.37. The van der Waals surface area contributed by atoms with Gasteiger partial charge < -0.3 is 10.2 Å². The van der Waals surface area contributed by atoms with Crippen LogP contribution in [0.2, 0.25) is 0 Å². The summed E-state index contributed by atoms with van der Waals surface area (Å²) < 4.78 is 0. The van der Waals surface area contributed by atoms with Crippen LogP contribution in [0.5, 0.6) is 0 Å². The van der Waals surface area contributed by atoms with Gasteiger partial charge in [0.05, 0.1) is 0 Å². The van der Waals surface area contributed by atoms with E-state index in [0.29, 0.717) is 17.7 Å². The molecule has 2 aliphatic heterocycles. The summed E-state index contributed by atoms with van der Waals surface area (Å²) in [6, 6.07) is 2.27. The molecule has 1 unspecified atom stereocenters. The van der Waals surface area contributed by atoms with Crippen molar-refractivity contribution >= 4 is 5.91 Å². The zero-order valence-electron chi connectivity index (χ0n) is 12.9. The van der Waals surface area contributed by atoms with Crippen molar-refractivity contribution in [3.8, 4) is 0 Å². The van der Waals surface area contributed by atoms with Crippen LogP contribution in [0.1, 0.15) is 41.5 Å². The molecule has 0 spiro atoms. The normalized spacial score (nSPS) is 26.4. The predicted octanol–water partition coefficient (Wildman–Crippen LogP) is 0.474. The molecule has 1 aromatic rings. The summed E-state index contributed by atoms with van der Waals surface area (Å²) in [6.45, 7) is 5.97. The van der Waals surface area contributed by atoms with Crippen LogP contribution in [0, 0.1) is 0 Å². The first-order valence-electron chi connectivity index (χ1n) is 8.38. The van der Waals surface area contributed by atoms with Crippen molar-refractivity contribution in [3.05, 3.63) is 23.8 Å². The van der Waals surface area contributed by atoms with E-state index in [-0.39, 0.29) is 5.91 Å². The van der Waals surface area contributed by atoms with E-state index < -0.39 is 0 Å². The Labute approximate surface area is 130 Å². The number of nitrogens with zero attached hydrogens (tertiary/aromatic N) is 4. The molecule has 1 atom stereocenters. The van der Waals surface area contributed by atoms with Crippen LogP contribution in [-0.2, 0) is 0 Å². The lowest BCUT2D eigenvalue weighted by atomic mass is 10.2. The quantitative estimate of drug-likeness (QED) is 0.879. The third kappa shape index (κ3) is 2.85. The van der Waals surface area contributed by atoms with Crippen LogP contribution in [0.4, 0.5) is 0 Å². The number of carbonyl (C=O) groups is 1. The highest BCUT2D eigenvalue weighted by Gasteiger charge is 2.32. The van der Waals surface area contributed by atoms with Crippen LogP contribution in [0.3, 0.4) is 0 Å². The van der Waals surface area contributed by atoms with Crippen LogP contribution >= 0.6 is 0 Å². The fourth-order valence-electron chi connectivity index (χ4n) is 3.46. The Kier molecular flexibility index (Phi) is 3.80. The molecular weight excluding hydrogens is 278 g/mol. The van der Waals surface area contributed by atoms with Crippen LogP contribution < -0.4 is 5.32 Å². The van der Waals surface area contributed by atoms with Crippen molar-refractivity contribution in [1.29, 1.82) is 0 Å². The topological polar surface area (TPSA) is 61.4 Å². The van der Waals surface area contributed by atoms with Gasteiger partial charge in [-0.3, -0.25) is 9.69 Å². The van der Waals surface area contributed by atoms with Gasteiger partial charge in [0, 0.05) is 57.4 Å². The number of aromatic nitrogens is 2. The first-order valence-corrected chi connectivity index (χ1v) is 8.38. The van der Waals surface area contributed by atoms with Crippen molar-refractivity contribution in [2.45, 2.75) is 31.2 Å². The molecule has 1 aliphatic carbocycles. The molecule has 1 aromatic heterocycles. The van der Waals surface area contributed by atoms with Crippen LogP contribution in [0.15, 0.2) is 12.3 Å². The zero-order valence-corrected chi connectivity index (χ0v) is 12.9. The lowest BCUT2D eigenvalue weighted by Gasteiger charge is -2.32. The second kappa shape index (κ2) is 5.93. The van der Waals surface area contributed by atoms with Gasteiger partial charge in [0.25, 0.3) is 5.91 Å². The summed E-state index contributed by atoms with van der Waals surface area (Å²) in [5.41, 5.74) is 0.567. The molecule has 3 aliphatic rings. The SMILES string of the molecule is O=C(c1ccnc(C2CC2)n1)N1CCC(N2CCNCC2)C1. The smallest absolute Gasteiger partial charge is 0.272 e. The van der Waals surface area contributed by atoms with E-state index in [1.807, 2.05) is 4.90 Å². The zero-order chi connectivity index (χ0) is 14.9. The maximum absolute atomic E-state index is 12.7. The van der Waals surface area contributed by atoms with E-state index in [0.717, 1.165) is 64.4 Å². The van der Waals surface area contributed by atoms with E-state index in [9.17, 15) is 4.79 Å². The summed E-state index contributed by atoms with van der Waals surface area (Å²) >= 11 is 0. The summed E-state index contributed by atoms with van der Waals surface area (Å²) in [4.78, 5) is 25.9. The fourth-order valence-corrected chi connectivity index (χ4v) is 3.46. The molecule has 22 heavy (non-hydrogen) atoms. The van der Waals surface area contributed by atoms with Crippen molar-refractivity contribution in [2.24, 2.45) is 0 Å². The molecule has 1 saturated carbocycles. The molecule has 1 N–H and O–H groups in total. The molecule has 2 saturated heterocycles. The first-order chi connectivity index (χ1) is 10.8. The monoisotopic (exact) mass is 301 g/mol. The molecule has 6 heteroatoms. The minimum Gasteiger partial charge on any atom is -0.336 e. The third-order valence-electron chi connectivity index (χ3n) is 4.95. The summed E-state index contributed by atoms with van der Waals surface area (Å²) in [6.07, 6.45) is 5.13. The number of hydrogen-bond acceptors (Lipinski definition) is 5. The van der Waals surface area contributed by atoms with Gasteiger partial charge in [-0.15, -0.1) is 0 Å². The van der Waals surface area contributed by atoms with Crippen LogP contribution in [0.25, 0.3) is 0 Å². The van der Waals surface area contributed by atoms with Crippen molar-refractivity contribution < 1.29 is 4.79 Å². The van der Waals surface area contributed by atoms with E-state index in [4.69, 9.17) is 0 Å². The Morgan fingerprint density at radius 1 is 1.18 bits per heavy atom. The molecule has 3 heterocycles. The third-order valence-corrected chi connectivity index (χ3v) is 4.95. The average molecular weight is 301 g/mol. The largest absolute Gasteiger partial charge is 0.336 e. The van der Waals surface area contributed by atoms with Crippen molar-refractivity contribution in [1.82, 2.24) is 25.1 Å². The summed E-state index contributed by atoms with van der Waals surface area (Å²) in [5, 5.41) is 3.38. The molecule has 0 aromatic carbocycles.